The highest BCUT2D eigenvalue weighted by molar-refractivity contribution is 5.36. The molecule has 4 nitrogen and oxygen atoms in total. The minimum atomic E-state index is -0.302. The lowest BCUT2D eigenvalue weighted by molar-refractivity contribution is 0.0194. The molecule has 0 aromatic heterocycles. The van der Waals surface area contributed by atoms with Crippen LogP contribution in [-0.4, -0.2) is 32.9 Å². The molecule has 3 N–H and O–H groups in total. The molecule has 18 heavy (non-hydrogen) atoms. The van der Waals surface area contributed by atoms with Crippen LogP contribution in [0.4, 0.5) is 4.39 Å². The van der Waals surface area contributed by atoms with Gasteiger partial charge in [0.05, 0.1) is 19.8 Å². The predicted octanol–water partition coefficient (Wildman–Crippen LogP) is 1.21. The van der Waals surface area contributed by atoms with Crippen molar-refractivity contribution in [1.82, 2.24) is 5.32 Å². The van der Waals surface area contributed by atoms with Crippen LogP contribution in [0.15, 0.2) is 18.2 Å². The van der Waals surface area contributed by atoms with Crippen LogP contribution >= 0.6 is 0 Å². The van der Waals surface area contributed by atoms with Gasteiger partial charge in [0.15, 0.2) is 0 Å². The van der Waals surface area contributed by atoms with E-state index >= 15 is 0 Å². The fraction of sp³-hybridized carbons (Fsp3) is 0.538. The number of nitrogens with one attached hydrogen (secondary N) is 1. The van der Waals surface area contributed by atoms with Gasteiger partial charge in [0.2, 0.25) is 0 Å². The second-order valence-corrected chi connectivity index (χ2v) is 4.43. The molecule has 0 spiro atoms. The number of methoxy groups -OCH3 is 1. The van der Waals surface area contributed by atoms with E-state index in [9.17, 15) is 4.39 Å². The summed E-state index contributed by atoms with van der Waals surface area (Å²) < 4.78 is 24.1. The molecule has 0 amide bonds. The Morgan fingerprint density at radius 1 is 1.61 bits per heavy atom. The van der Waals surface area contributed by atoms with Crippen molar-refractivity contribution < 1.29 is 13.9 Å². The zero-order valence-corrected chi connectivity index (χ0v) is 10.5. The smallest absolute Gasteiger partial charge is 0.123 e. The molecule has 1 aliphatic heterocycles. The molecule has 1 heterocycles. The van der Waals surface area contributed by atoms with Gasteiger partial charge < -0.3 is 20.5 Å². The van der Waals surface area contributed by atoms with E-state index in [4.69, 9.17) is 15.2 Å². The topological polar surface area (TPSA) is 56.5 Å². The first-order valence-electron chi connectivity index (χ1n) is 6.12. The Kier molecular flexibility index (Phi) is 4.52. The highest BCUT2D eigenvalue weighted by Crippen LogP contribution is 2.27. The van der Waals surface area contributed by atoms with Gasteiger partial charge in [0.1, 0.15) is 11.6 Å². The van der Waals surface area contributed by atoms with Crippen molar-refractivity contribution in [2.75, 3.05) is 26.8 Å². The zero-order chi connectivity index (χ0) is 13.0. The van der Waals surface area contributed by atoms with E-state index in [1.165, 1.54) is 12.1 Å². The number of ether oxygens (including phenoxy) is 2. The first kappa shape index (κ1) is 13.3. The highest BCUT2D eigenvalue weighted by Gasteiger charge is 2.20. The SMILES string of the molecule is COc1ccc(F)cc1C(N)CC1CNCCO1. The summed E-state index contributed by atoms with van der Waals surface area (Å²) in [6.45, 7) is 2.35. The van der Waals surface area contributed by atoms with E-state index in [0.717, 1.165) is 13.1 Å². The molecule has 0 bridgehead atoms. The molecule has 1 aliphatic rings. The van der Waals surface area contributed by atoms with E-state index in [2.05, 4.69) is 5.32 Å². The standard InChI is InChI=1S/C13H19FN2O2/c1-17-13-3-2-9(14)6-11(13)12(15)7-10-8-16-4-5-18-10/h2-3,6,10,12,16H,4-5,7-8,15H2,1H3. The van der Waals surface area contributed by atoms with Crippen molar-refractivity contribution in [3.63, 3.8) is 0 Å². The van der Waals surface area contributed by atoms with Crippen LogP contribution < -0.4 is 15.8 Å². The molecular weight excluding hydrogens is 235 g/mol. The van der Waals surface area contributed by atoms with E-state index in [-0.39, 0.29) is 18.0 Å². The lowest BCUT2D eigenvalue weighted by atomic mass is 10.00. The summed E-state index contributed by atoms with van der Waals surface area (Å²) >= 11 is 0. The Labute approximate surface area is 106 Å². The molecular formula is C13H19FN2O2. The third kappa shape index (κ3) is 3.19. The lowest BCUT2D eigenvalue weighted by Gasteiger charge is -2.26. The lowest BCUT2D eigenvalue weighted by Crippen LogP contribution is -2.40. The van der Waals surface area contributed by atoms with Crippen molar-refractivity contribution in [1.29, 1.82) is 0 Å². The van der Waals surface area contributed by atoms with E-state index in [1.54, 1.807) is 13.2 Å². The molecule has 1 aromatic rings. The maximum absolute atomic E-state index is 13.3. The third-order valence-corrected chi connectivity index (χ3v) is 3.11. The van der Waals surface area contributed by atoms with Crippen LogP contribution in [0.25, 0.3) is 0 Å². The molecule has 1 aromatic carbocycles. The summed E-state index contributed by atoms with van der Waals surface area (Å²) in [5, 5.41) is 3.25. The fourth-order valence-corrected chi connectivity index (χ4v) is 2.18. The number of rotatable bonds is 4. The maximum atomic E-state index is 13.3. The number of hydrogen-bond acceptors (Lipinski definition) is 4. The van der Waals surface area contributed by atoms with Crippen molar-refractivity contribution >= 4 is 0 Å². The minimum Gasteiger partial charge on any atom is -0.496 e. The molecule has 2 atom stereocenters. The Bertz CT molecular complexity index is 395. The summed E-state index contributed by atoms with van der Waals surface area (Å²) in [7, 11) is 1.56. The molecule has 0 saturated carbocycles. The van der Waals surface area contributed by atoms with Crippen LogP contribution in [-0.2, 0) is 4.74 Å². The first-order valence-corrected chi connectivity index (χ1v) is 6.12. The van der Waals surface area contributed by atoms with Crippen molar-refractivity contribution in [2.24, 2.45) is 5.73 Å². The predicted molar refractivity (Wildman–Crippen MR) is 67.1 cm³/mol. The van der Waals surface area contributed by atoms with Gasteiger partial charge in [-0.25, -0.2) is 4.39 Å². The summed E-state index contributed by atoms with van der Waals surface area (Å²) in [6.07, 6.45) is 0.717. The largest absolute Gasteiger partial charge is 0.496 e. The number of benzene rings is 1. The van der Waals surface area contributed by atoms with Crippen LogP contribution in [0, 0.1) is 5.82 Å². The van der Waals surface area contributed by atoms with Gasteiger partial charge in [-0.05, 0) is 24.6 Å². The Morgan fingerprint density at radius 3 is 3.11 bits per heavy atom. The van der Waals surface area contributed by atoms with Gasteiger partial charge in [0.25, 0.3) is 0 Å². The molecule has 2 unspecified atom stereocenters. The molecule has 1 fully saturated rings. The summed E-state index contributed by atoms with van der Waals surface area (Å²) in [4.78, 5) is 0. The fourth-order valence-electron chi connectivity index (χ4n) is 2.18. The van der Waals surface area contributed by atoms with E-state index in [1.807, 2.05) is 0 Å². The Morgan fingerprint density at radius 2 is 2.44 bits per heavy atom. The minimum absolute atomic E-state index is 0.0710. The zero-order valence-electron chi connectivity index (χ0n) is 10.5. The van der Waals surface area contributed by atoms with Crippen molar-refractivity contribution in [3.05, 3.63) is 29.6 Å². The summed E-state index contributed by atoms with van der Waals surface area (Å²) in [6, 6.07) is 4.11. The normalized spacial score (nSPS) is 21.6. The molecule has 100 valence electrons. The van der Waals surface area contributed by atoms with Crippen LogP contribution in [0.2, 0.25) is 0 Å². The quantitative estimate of drug-likeness (QED) is 0.848. The van der Waals surface area contributed by atoms with Gasteiger partial charge in [-0.15, -0.1) is 0 Å². The van der Waals surface area contributed by atoms with Crippen molar-refractivity contribution in [3.8, 4) is 5.75 Å². The van der Waals surface area contributed by atoms with E-state index in [0.29, 0.717) is 24.3 Å². The van der Waals surface area contributed by atoms with Crippen LogP contribution in [0.5, 0.6) is 5.75 Å². The van der Waals surface area contributed by atoms with Crippen LogP contribution in [0.1, 0.15) is 18.0 Å². The number of hydrogen-bond donors (Lipinski definition) is 2. The second kappa shape index (κ2) is 6.13. The highest BCUT2D eigenvalue weighted by atomic mass is 19.1. The summed E-state index contributed by atoms with van der Waals surface area (Å²) in [5.41, 5.74) is 6.80. The monoisotopic (exact) mass is 254 g/mol. The Hall–Kier alpha value is -1.17. The molecule has 1 saturated heterocycles. The second-order valence-electron chi connectivity index (χ2n) is 4.43. The third-order valence-electron chi connectivity index (χ3n) is 3.11. The van der Waals surface area contributed by atoms with Gasteiger partial charge in [-0.1, -0.05) is 0 Å². The number of morpholine rings is 1. The Balaban J connectivity index is 2.07. The van der Waals surface area contributed by atoms with E-state index < -0.39 is 0 Å². The first-order chi connectivity index (χ1) is 8.70. The maximum Gasteiger partial charge on any atom is 0.123 e. The number of nitrogens with two attached hydrogens (primary N) is 1. The average Bonchev–Trinajstić information content (AvgIpc) is 2.40. The molecule has 0 aliphatic carbocycles. The van der Waals surface area contributed by atoms with Gasteiger partial charge >= 0.3 is 0 Å². The summed E-state index contributed by atoms with van der Waals surface area (Å²) in [5.74, 6) is 0.316. The van der Waals surface area contributed by atoms with Gasteiger partial charge in [0, 0.05) is 24.7 Å². The van der Waals surface area contributed by atoms with Crippen molar-refractivity contribution in [2.45, 2.75) is 18.6 Å². The molecule has 2 rings (SSSR count). The van der Waals surface area contributed by atoms with Gasteiger partial charge in [-0.3, -0.25) is 0 Å². The van der Waals surface area contributed by atoms with Gasteiger partial charge in [-0.2, -0.15) is 0 Å². The molecule has 0 radical (unpaired) electrons. The average molecular weight is 254 g/mol. The number of halogens is 1. The van der Waals surface area contributed by atoms with Crippen LogP contribution in [0.3, 0.4) is 0 Å². The molecule has 5 heteroatoms.